The first kappa shape index (κ1) is 20.2. The molecule has 1 amide bonds. The minimum absolute atomic E-state index is 0.00475. The Kier molecular flexibility index (Phi) is 5.47. The minimum atomic E-state index is -0.459. The Bertz CT molecular complexity index is 1060. The molecule has 0 radical (unpaired) electrons. The number of hydrogen-bond acceptors (Lipinski definition) is 4. The van der Waals surface area contributed by atoms with Crippen LogP contribution < -0.4 is 0 Å². The van der Waals surface area contributed by atoms with Gasteiger partial charge in [-0.05, 0) is 66.2 Å². The maximum Gasteiger partial charge on any atom is 0.255 e. The third kappa shape index (κ3) is 4.21. The van der Waals surface area contributed by atoms with Gasteiger partial charge < -0.3 is 10.0 Å². The van der Waals surface area contributed by atoms with Gasteiger partial charge >= 0.3 is 0 Å². The van der Waals surface area contributed by atoms with E-state index in [2.05, 4.69) is 52.3 Å². The second-order valence-electron chi connectivity index (χ2n) is 9.20. The smallest absolute Gasteiger partial charge is 0.255 e. The molecular formula is C26H29N3O2. The number of aliphatic hydroxyl groups excluding tert-OH is 1. The lowest BCUT2D eigenvalue weighted by Crippen LogP contribution is -2.55. The molecule has 2 aromatic carbocycles. The Morgan fingerprint density at radius 3 is 2.68 bits per heavy atom. The summed E-state index contributed by atoms with van der Waals surface area (Å²) in [4.78, 5) is 21.4. The molecular weight excluding hydrogens is 386 g/mol. The van der Waals surface area contributed by atoms with Crippen LogP contribution in [0.1, 0.15) is 35.2 Å². The number of hydrogen-bond donors (Lipinski definition) is 1. The summed E-state index contributed by atoms with van der Waals surface area (Å²) in [7, 11) is 0. The lowest BCUT2D eigenvalue weighted by atomic mass is 9.71. The van der Waals surface area contributed by atoms with Gasteiger partial charge in [-0.2, -0.15) is 0 Å². The van der Waals surface area contributed by atoms with Gasteiger partial charge in [0.25, 0.3) is 5.91 Å². The highest BCUT2D eigenvalue weighted by molar-refractivity contribution is 5.94. The Hall–Kier alpha value is -2.76. The first-order valence-corrected chi connectivity index (χ1v) is 11.2. The number of pyridine rings is 1. The van der Waals surface area contributed by atoms with E-state index in [1.807, 2.05) is 4.90 Å². The third-order valence-corrected chi connectivity index (χ3v) is 7.01. The van der Waals surface area contributed by atoms with Gasteiger partial charge in [-0.15, -0.1) is 0 Å². The van der Waals surface area contributed by atoms with Crippen molar-refractivity contribution in [2.24, 2.45) is 5.41 Å². The molecule has 3 heterocycles. The highest BCUT2D eigenvalue weighted by Gasteiger charge is 2.43. The fraction of sp³-hybridized carbons (Fsp3) is 0.385. The largest absolute Gasteiger partial charge is 0.391 e. The highest BCUT2D eigenvalue weighted by Crippen LogP contribution is 2.40. The zero-order valence-electron chi connectivity index (χ0n) is 17.8. The van der Waals surface area contributed by atoms with Crippen LogP contribution in [0, 0.1) is 5.41 Å². The van der Waals surface area contributed by atoms with E-state index < -0.39 is 6.10 Å². The fourth-order valence-corrected chi connectivity index (χ4v) is 5.40. The quantitative estimate of drug-likeness (QED) is 0.708. The summed E-state index contributed by atoms with van der Waals surface area (Å²) in [5.41, 5.74) is 1.97. The maximum atomic E-state index is 13.0. The van der Waals surface area contributed by atoms with Gasteiger partial charge in [-0.3, -0.25) is 14.7 Å². The number of nitrogens with zero attached hydrogens (tertiary/aromatic N) is 3. The average Bonchev–Trinajstić information content (AvgIpc) is 2.80. The molecule has 5 nitrogen and oxygen atoms in total. The van der Waals surface area contributed by atoms with Crippen molar-refractivity contribution >= 4 is 16.7 Å². The summed E-state index contributed by atoms with van der Waals surface area (Å²) < 4.78 is 0. The summed E-state index contributed by atoms with van der Waals surface area (Å²) in [6, 6.07) is 18.7. The molecule has 0 bridgehead atoms. The van der Waals surface area contributed by atoms with Crippen molar-refractivity contribution in [3.8, 4) is 0 Å². The summed E-state index contributed by atoms with van der Waals surface area (Å²) >= 11 is 0. The van der Waals surface area contributed by atoms with Crippen molar-refractivity contribution in [3.05, 3.63) is 78.1 Å². The summed E-state index contributed by atoms with van der Waals surface area (Å²) in [5.74, 6) is -0.0237. The molecule has 2 saturated heterocycles. The number of amides is 1. The lowest BCUT2D eigenvalue weighted by molar-refractivity contribution is -0.0337. The molecule has 3 aromatic rings. The minimum Gasteiger partial charge on any atom is -0.391 e. The zero-order valence-corrected chi connectivity index (χ0v) is 17.8. The molecule has 1 unspecified atom stereocenters. The van der Waals surface area contributed by atoms with Crippen LogP contribution in [0.15, 0.2) is 67.0 Å². The summed E-state index contributed by atoms with van der Waals surface area (Å²) in [6.45, 7) is 4.06. The molecule has 5 rings (SSSR count). The monoisotopic (exact) mass is 415 g/mol. The van der Waals surface area contributed by atoms with Gasteiger partial charge in [0.15, 0.2) is 0 Å². The van der Waals surface area contributed by atoms with Gasteiger partial charge in [-0.25, -0.2) is 0 Å². The van der Waals surface area contributed by atoms with Gasteiger partial charge in [0.05, 0.1) is 11.7 Å². The molecule has 1 atom stereocenters. The first-order chi connectivity index (χ1) is 15.1. The summed E-state index contributed by atoms with van der Waals surface area (Å²) in [5, 5.41) is 13.2. The van der Waals surface area contributed by atoms with Crippen LogP contribution in [0.25, 0.3) is 10.8 Å². The standard InChI is InChI=1S/C26H29N3O2/c30-23-15-26(19-29(18-23)25(31)21-8-4-12-27-16-21)10-13-28(14-11-26)17-22-7-3-6-20-5-1-2-9-24(20)22/h1-9,12,16,23,30H,10-11,13-15,17-19H2. The van der Waals surface area contributed by atoms with Crippen LogP contribution in [0.3, 0.4) is 0 Å². The van der Waals surface area contributed by atoms with Crippen molar-refractivity contribution in [3.63, 3.8) is 0 Å². The first-order valence-electron chi connectivity index (χ1n) is 11.2. The van der Waals surface area contributed by atoms with Crippen LogP contribution in [-0.2, 0) is 6.54 Å². The van der Waals surface area contributed by atoms with Crippen LogP contribution in [0.2, 0.25) is 0 Å². The van der Waals surface area contributed by atoms with E-state index in [1.54, 1.807) is 24.5 Å². The maximum absolute atomic E-state index is 13.0. The Morgan fingerprint density at radius 2 is 1.87 bits per heavy atom. The molecule has 31 heavy (non-hydrogen) atoms. The van der Waals surface area contributed by atoms with Gasteiger partial charge in [0.2, 0.25) is 0 Å². The van der Waals surface area contributed by atoms with E-state index in [9.17, 15) is 9.90 Å². The number of likely N-dealkylation sites (tertiary alicyclic amines) is 2. The van der Waals surface area contributed by atoms with Crippen LogP contribution >= 0.6 is 0 Å². The predicted octanol–water partition coefficient (Wildman–Crippen LogP) is 3.72. The van der Waals surface area contributed by atoms with Crippen LogP contribution in [0.4, 0.5) is 0 Å². The van der Waals surface area contributed by atoms with Crippen molar-refractivity contribution in [1.29, 1.82) is 0 Å². The van der Waals surface area contributed by atoms with Gasteiger partial charge in [0, 0.05) is 32.0 Å². The number of rotatable bonds is 3. The molecule has 2 aliphatic rings. The number of aliphatic hydroxyl groups is 1. The van der Waals surface area contributed by atoms with Crippen molar-refractivity contribution in [2.45, 2.75) is 31.9 Å². The fourth-order valence-electron chi connectivity index (χ4n) is 5.40. The number of benzene rings is 2. The van der Waals surface area contributed by atoms with E-state index in [4.69, 9.17) is 0 Å². The average molecular weight is 416 g/mol. The number of carbonyl (C=O) groups is 1. The molecule has 0 aliphatic carbocycles. The molecule has 1 N–H and O–H groups in total. The number of fused-ring (bicyclic) bond motifs is 1. The zero-order chi connectivity index (χ0) is 21.3. The van der Waals surface area contributed by atoms with E-state index in [-0.39, 0.29) is 11.3 Å². The van der Waals surface area contributed by atoms with Crippen LogP contribution in [-0.4, -0.2) is 58.1 Å². The Labute approximate surface area is 183 Å². The Balaban J connectivity index is 1.27. The second-order valence-corrected chi connectivity index (χ2v) is 9.20. The number of carbonyl (C=O) groups excluding carboxylic acids is 1. The molecule has 1 spiro atoms. The number of aromatic nitrogens is 1. The molecule has 5 heteroatoms. The van der Waals surface area contributed by atoms with Crippen molar-refractivity contribution in [2.75, 3.05) is 26.2 Å². The van der Waals surface area contributed by atoms with Crippen LogP contribution in [0.5, 0.6) is 0 Å². The lowest BCUT2D eigenvalue weighted by Gasteiger charge is -2.49. The highest BCUT2D eigenvalue weighted by atomic mass is 16.3. The topological polar surface area (TPSA) is 56.7 Å². The van der Waals surface area contributed by atoms with Crippen molar-refractivity contribution < 1.29 is 9.90 Å². The predicted molar refractivity (Wildman–Crippen MR) is 122 cm³/mol. The normalized spacial score (nSPS) is 21.5. The van der Waals surface area contributed by atoms with E-state index in [0.29, 0.717) is 12.1 Å². The third-order valence-electron chi connectivity index (χ3n) is 7.01. The number of piperidine rings is 2. The second kappa shape index (κ2) is 8.40. The molecule has 0 saturated carbocycles. The summed E-state index contributed by atoms with van der Waals surface area (Å²) in [6.07, 6.45) is 5.63. The number of β-amino-alcohol motifs (C(OH)–C–C–N with tert-alkyl or cyclic N) is 1. The van der Waals surface area contributed by atoms with E-state index in [1.165, 1.54) is 16.3 Å². The molecule has 1 aromatic heterocycles. The Morgan fingerprint density at radius 1 is 1.06 bits per heavy atom. The van der Waals surface area contributed by atoms with Gasteiger partial charge in [-0.1, -0.05) is 42.5 Å². The van der Waals surface area contributed by atoms with Gasteiger partial charge in [0.1, 0.15) is 0 Å². The van der Waals surface area contributed by atoms with E-state index >= 15 is 0 Å². The SMILES string of the molecule is O=C(c1cccnc1)N1CC(O)CC2(CCN(Cc3cccc4ccccc34)CC2)C1. The molecule has 160 valence electrons. The van der Waals surface area contributed by atoms with Crippen molar-refractivity contribution in [1.82, 2.24) is 14.8 Å². The van der Waals surface area contributed by atoms with E-state index in [0.717, 1.165) is 45.4 Å². The molecule has 2 aliphatic heterocycles. The molecule has 2 fully saturated rings.